The van der Waals surface area contributed by atoms with Crippen molar-refractivity contribution in [3.63, 3.8) is 0 Å². The average Bonchev–Trinajstić information content (AvgIpc) is 2.22. The molecular weight excluding hydrogens is 206 g/mol. The van der Waals surface area contributed by atoms with Gasteiger partial charge in [0.15, 0.2) is 0 Å². The van der Waals surface area contributed by atoms with Crippen LogP contribution in [0.25, 0.3) is 0 Å². The maximum Gasteiger partial charge on any atom is 0.341 e. The molecule has 0 saturated heterocycles. The van der Waals surface area contributed by atoms with E-state index in [1.54, 1.807) is 12.3 Å². The van der Waals surface area contributed by atoms with E-state index in [-0.39, 0.29) is 11.4 Å². The van der Waals surface area contributed by atoms with E-state index in [2.05, 4.69) is 4.98 Å². The molecule has 1 aliphatic carbocycles. The Labute approximate surface area is 94.3 Å². The van der Waals surface area contributed by atoms with Gasteiger partial charge in [0.1, 0.15) is 5.56 Å². The van der Waals surface area contributed by atoms with Crippen LogP contribution < -0.4 is 4.74 Å². The molecule has 0 radical (unpaired) electrons. The molecule has 1 saturated carbocycles. The largest absolute Gasteiger partial charge is 0.477 e. The van der Waals surface area contributed by atoms with Gasteiger partial charge in [-0.3, -0.25) is 0 Å². The monoisotopic (exact) mass is 221 g/mol. The van der Waals surface area contributed by atoms with Gasteiger partial charge in [-0.05, 0) is 24.5 Å². The van der Waals surface area contributed by atoms with E-state index in [0.29, 0.717) is 6.61 Å². The van der Waals surface area contributed by atoms with Crippen molar-refractivity contribution in [2.75, 3.05) is 6.61 Å². The van der Waals surface area contributed by atoms with Gasteiger partial charge >= 0.3 is 5.97 Å². The number of nitrogens with zero attached hydrogens (tertiary/aromatic N) is 1. The van der Waals surface area contributed by atoms with Crippen LogP contribution in [0.15, 0.2) is 18.3 Å². The molecule has 0 aromatic carbocycles. The molecule has 0 unspecified atom stereocenters. The first-order valence-electron chi connectivity index (χ1n) is 5.58. The van der Waals surface area contributed by atoms with Crippen LogP contribution in [0.5, 0.6) is 5.88 Å². The van der Waals surface area contributed by atoms with Crippen LogP contribution >= 0.6 is 0 Å². The van der Waals surface area contributed by atoms with Crippen LogP contribution in [0.3, 0.4) is 0 Å². The number of aromatic nitrogens is 1. The summed E-state index contributed by atoms with van der Waals surface area (Å²) >= 11 is 0. The second-order valence-electron chi connectivity index (χ2n) is 4.10. The summed E-state index contributed by atoms with van der Waals surface area (Å²) in [6.07, 6.45) is 6.41. The summed E-state index contributed by atoms with van der Waals surface area (Å²) in [5, 5.41) is 8.91. The Morgan fingerprint density at radius 2 is 2.38 bits per heavy atom. The van der Waals surface area contributed by atoms with Crippen molar-refractivity contribution in [2.24, 2.45) is 5.92 Å². The lowest BCUT2D eigenvalue weighted by molar-refractivity contribution is 0.0690. The number of rotatable bonds is 5. The number of ether oxygens (including phenoxy) is 1. The molecule has 0 aliphatic heterocycles. The quantitative estimate of drug-likeness (QED) is 0.829. The third-order valence-electron chi connectivity index (χ3n) is 2.99. The summed E-state index contributed by atoms with van der Waals surface area (Å²) in [7, 11) is 0. The third-order valence-corrected chi connectivity index (χ3v) is 2.99. The fourth-order valence-corrected chi connectivity index (χ4v) is 1.77. The lowest BCUT2D eigenvalue weighted by Crippen LogP contribution is -2.15. The van der Waals surface area contributed by atoms with E-state index in [4.69, 9.17) is 9.84 Å². The minimum absolute atomic E-state index is 0.135. The molecule has 1 aromatic rings. The first-order chi connectivity index (χ1) is 7.77. The molecule has 1 aliphatic rings. The van der Waals surface area contributed by atoms with Gasteiger partial charge in [0, 0.05) is 6.20 Å². The van der Waals surface area contributed by atoms with Crippen molar-refractivity contribution in [2.45, 2.75) is 25.7 Å². The molecule has 4 heteroatoms. The Balaban J connectivity index is 1.89. The van der Waals surface area contributed by atoms with Gasteiger partial charge in [0.25, 0.3) is 0 Å². The predicted octanol–water partition coefficient (Wildman–Crippen LogP) is 2.35. The van der Waals surface area contributed by atoms with Crippen molar-refractivity contribution in [3.8, 4) is 5.88 Å². The molecule has 0 atom stereocenters. The van der Waals surface area contributed by atoms with Crippen LogP contribution in [-0.4, -0.2) is 22.7 Å². The van der Waals surface area contributed by atoms with E-state index in [9.17, 15) is 4.79 Å². The lowest BCUT2D eigenvalue weighted by atomic mass is 9.83. The first-order valence-corrected chi connectivity index (χ1v) is 5.58. The Bertz CT molecular complexity index is 374. The van der Waals surface area contributed by atoms with E-state index < -0.39 is 5.97 Å². The van der Waals surface area contributed by atoms with E-state index in [1.807, 2.05) is 0 Å². The highest BCUT2D eigenvalue weighted by molar-refractivity contribution is 5.90. The lowest BCUT2D eigenvalue weighted by Gasteiger charge is -2.24. The zero-order valence-electron chi connectivity index (χ0n) is 9.06. The molecule has 0 amide bonds. The van der Waals surface area contributed by atoms with Gasteiger partial charge < -0.3 is 9.84 Å². The smallest absolute Gasteiger partial charge is 0.341 e. The van der Waals surface area contributed by atoms with Crippen LogP contribution in [0.2, 0.25) is 0 Å². The second kappa shape index (κ2) is 4.96. The molecule has 0 bridgehead atoms. The number of carbonyl (C=O) groups is 1. The number of hydrogen-bond donors (Lipinski definition) is 1. The highest BCUT2D eigenvalue weighted by Gasteiger charge is 2.18. The summed E-state index contributed by atoms with van der Waals surface area (Å²) in [6.45, 7) is 0.557. The highest BCUT2D eigenvalue weighted by atomic mass is 16.5. The fraction of sp³-hybridized carbons (Fsp3) is 0.500. The van der Waals surface area contributed by atoms with Gasteiger partial charge in [-0.25, -0.2) is 9.78 Å². The molecule has 1 N–H and O–H groups in total. The third kappa shape index (κ3) is 2.51. The Hall–Kier alpha value is -1.58. The zero-order chi connectivity index (χ0) is 11.4. The predicted molar refractivity (Wildman–Crippen MR) is 58.6 cm³/mol. The molecule has 1 aromatic heterocycles. The van der Waals surface area contributed by atoms with Crippen LogP contribution in [0.4, 0.5) is 0 Å². The number of pyridine rings is 1. The highest BCUT2D eigenvalue weighted by Crippen LogP contribution is 2.29. The molecule has 4 nitrogen and oxygen atoms in total. The maximum absolute atomic E-state index is 10.9. The van der Waals surface area contributed by atoms with Gasteiger partial charge in [-0.2, -0.15) is 0 Å². The molecule has 1 fully saturated rings. The second-order valence-corrected chi connectivity index (χ2v) is 4.10. The Kier molecular flexibility index (Phi) is 3.39. The molecular formula is C12H15NO3. The number of hydrogen-bond acceptors (Lipinski definition) is 3. The topological polar surface area (TPSA) is 59.4 Å². The van der Waals surface area contributed by atoms with Crippen molar-refractivity contribution >= 4 is 5.97 Å². The van der Waals surface area contributed by atoms with Crippen LogP contribution in [0.1, 0.15) is 36.0 Å². The summed E-state index contributed by atoms with van der Waals surface area (Å²) in [5.74, 6) is -0.00180. The molecule has 2 rings (SSSR count). The Morgan fingerprint density at radius 3 is 3.00 bits per heavy atom. The first kappa shape index (κ1) is 10.9. The van der Waals surface area contributed by atoms with Gasteiger partial charge in [0.2, 0.25) is 5.88 Å². The fourth-order valence-electron chi connectivity index (χ4n) is 1.77. The molecule has 1 heterocycles. The maximum atomic E-state index is 10.9. The molecule has 86 valence electrons. The van der Waals surface area contributed by atoms with E-state index in [0.717, 1.165) is 12.3 Å². The molecule has 16 heavy (non-hydrogen) atoms. The van der Waals surface area contributed by atoms with E-state index >= 15 is 0 Å². The zero-order valence-corrected chi connectivity index (χ0v) is 9.06. The summed E-state index contributed by atoms with van der Waals surface area (Å²) in [5.41, 5.74) is 0.135. The van der Waals surface area contributed by atoms with Crippen molar-refractivity contribution in [3.05, 3.63) is 23.9 Å². The summed E-state index contributed by atoms with van der Waals surface area (Å²) in [6, 6.07) is 3.11. The van der Waals surface area contributed by atoms with Crippen molar-refractivity contribution in [1.29, 1.82) is 0 Å². The number of carboxylic acid groups (broad SMARTS) is 1. The van der Waals surface area contributed by atoms with Gasteiger partial charge in [0.05, 0.1) is 6.61 Å². The number of aromatic carboxylic acids is 1. The standard InChI is InChI=1S/C12H15NO3/c14-12(15)10-5-2-7-13-11(10)16-8-6-9-3-1-4-9/h2,5,7,9H,1,3-4,6,8H2,(H,14,15). The summed E-state index contributed by atoms with van der Waals surface area (Å²) in [4.78, 5) is 14.8. The van der Waals surface area contributed by atoms with Gasteiger partial charge in [-0.1, -0.05) is 19.3 Å². The average molecular weight is 221 g/mol. The normalized spacial score (nSPS) is 15.5. The summed E-state index contributed by atoms with van der Waals surface area (Å²) < 4.78 is 5.41. The minimum Gasteiger partial charge on any atom is -0.477 e. The Morgan fingerprint density at radius 1 is 1.56 bits per heavy atom. The number of carboxylic acids is 1. The van der Waals surface area contributed by atoms with E-state index in [1.165, 1.54) is 25.3 Å². The SMILES string of the molecule is O=C(O)c1cccnc1OCCC1CCC1. The molecule has 0 spiro atoms. The van der Waals surface area contributed by atoms with Gasteiger partial charge in [-0.15, -0.1) is 0 Å². The minimum atomic E-state index is -0.994. The van der Waals surface area contributed by atoms with Crippen LogP contribution in [0, 0.1) is 5.92 Å². The van der Waals surface area contributed by atoms with Crippen LogP contribution in [-0.2, 0) is 0 Å². The van der Waals surface area contributed by atoms with Crippen molar-refractivity contribution in [1.82, 2.24) is 4.98 Å². The van der Waals surface area contributed by atoms with Crippen molar-refractivity contribution < 1.29 is 14.6 Å².